The maximum atomic E-state index is 11.4. The molecule has 6 atom stereocenters. The number of hydrogen-bond acceptors (Lipinski definition) is 8. The first-order chi connectivity index (χ1) is 9.27. The zero-order chi connectivity index (χ0) is 15.4. The predicted molar refractivity (Wildman–Crippen MR) is 63.1 cm³/mol. The lowest BCUT2D eigenvalue weighted by molar-refractivity contribution is -0.260. The minimum Gasteiger partial charge on any atom is -0.455 e. The van der Waals surface area contributed by atoms with E-state index < -0.39 is 55.2 Å². The van der Waals surface area contributed by atoms with Crippen LogP contribution >= 0.6 is 0 Å². The summed E-state index contributed by atoms with van der Waals surface area (Å²) in [4.78, 5) is 22.5. The van der Waals surface area contributed by atoms with Gasteiger partial charge in [0.15, 0.2) is 12.4 Å². The van der Waals surface area contributed by atoms with E-state index >= 15 is 0 Å². The van der Waals surface area contributed by atoms with Crippen molar-refractivity contribution < 1.29 is 39.5 Å². The van der Waals surface area contributed by atoms with Crippen LogP contribution in [-0.4, -0.2) is 75.7 Å². The summed E-state index contributed by atoms with van der Waals surface area (Å²) in [7, 11) is 0. The quantitative estimate of drug-likeness (QED) is 0.342. The van der Waals surface area contributed by atoms with Gasteiger partial charge in [0.05, 0.1) is 6.61 Å². The van der Waals surface area contributed by atoms with Crippen LogP contribution in [-0.2, 0) is 19.1 Å². The molecule has 1 amide bonds. The molecule has 0 radical (unpaired) electrons. The first kappa shape index (κ1) is 16.8. The Balaban J connectivity index is 2.92. The fourth-order valence-electron chi connectivity index (χ4n) is 1.85. The van der Waals surface area contributed by atoms with Gasteiger partial charge >= 0.3 is 5.97 Å². The van der Waals surface area contributed by atoms with Crippen molar-refractivity contribution in [1.29, 1.82) is 0 Å². The van der Waals surface area contributed by atoms with E-state index in [0.717, 1.165) is 0 Å². The van der Waals surface area contributed by atoms with Crippen molar-refractivity contribution in [3.8, 4) is 0 Å². The Morgan fingerprint density at radius 2 is 2.00 bits per heavy atom. The van der Waals surface area contributed by atoms with E-state index in [1.54, 1.807) is 0 Å². The number of amides is 1. The molecule has 1 rings (SSSR count). The van der Waals surface area contributed by atoms with Crippen molar-refractivity contribution in [2.75, 3.05) is 6.61 Å². The Morgan fingerprint density at radius 1 is 1.40 bits per heavy atom. The van der Waals surface area contributed by atoms with Crippen LogP contribution in [0.15, 0.2) is 0 Å². The van der Waals surface area contributed by atoms with Gasteiger partial charge in [-0.3, -0.25) is 4.79 Å². The van der Waals surface area contributed by atoms with Gasteiger partial charge in [-0.2, -0.15) is 0 Å². The van der Waals surface area contributed by atoms with Gasteiger partial charge in [-0.1, -0.05) is 0 Å². The van der Waals surface area contributed by atoms with Crippen molar-refractivity contribution in [2.45, 2.75) is 50.6 Å². The SMILES string of the molecule is CC(=O)N[C@H]1C(O)O[C@H](CO)[C@@H](O)[C@@H]1OC(=O)C(C)O. The molecular formula is C11H19NO8. The Labute approximate surface area is 115 Å². The number of aliphatic hydroxyl groups is 4. The molecule has 116 valence electrons. The third kappa shape index (κ3) is 3.87. The molecule has 0 aromatic heterocycles. The number of rotatable bonds is 4. The number of hydrogen-bond donors (Lipinski definition) is 5. The van der Waals surface area contributed by atoms with Gasteiger partial charge in [0.25, 0.3) is 0 Å². The largest absolute Gasteiger partial charge is 0.455 e. The van der Waals surface area contributed by atoms with Crippen LogP contribution in [0.1, 0.15) is 13.8 Å². The molecule has 0 aromatic rings. The number of aliphatic hydroxyl groups excluding tert-OH is 4. The summed E-state index contributed by atoms with van der Waals surface area (Å²) < 4.78 is 9.80. The summed E-state index contributed by atoms with van der Waals surface area (Å²) in [6, 6.07) is -1.21. The second kappa shape index (κ2) is 6.95. The summed E-state index contributed by atoms with van der Waals surface area (Å²) in [6.45, 7) is 1.72. The summed E-state index contributed by atoms with van der Waals surface area (Å²) >= 11 is 0. The molecule has 1 aliphatic rings. The zero-order valence-corrected chi connectivity index (χ0v) is 11.1. The van der Waals surface area contributed by atoms with Gasteiger partial charge in [-0.05, 0) is 6.92 Å². The number of ether oxygens (including phenoxy) is 2. The van der Waals surface area contributed by atoms with Gasteiger partial charge in [-0.25, -0.2) is 4.79 Å². The smallest absolute Gasteiger partial charge is 0.335 e. The fraction of sp³-hybridized carbons (Fsp3) is 0.818. The van der Waals surface area contributed by atoms with Crippen LogP contribution in [0.25, 0.3) is 0 Å². The summed E-state index contributed by atoms with van der Waals surface area (Å²) in [5, 5.41) is 40.1. The molecule has 0 bridgehead atoms. The van der Waals surface area contributed by atoms with Crippen molar-refractivity contribution in [2.24, 2.45) is 0 Å². The highest BCUT2D eigenvalue weighted by Gasteiger charge is 2.47. The monoisotopic (exact) mass is 293 g/mol. The average Bonchev–Trinajstić information content (AvgIpc) is 2.36. The standard InChI is InChI=1S/C11H19NO8/c1-4(14)10(17)20-9-7(12-5(2)15)11(18)19-6(3-13)8(9)16/h4,6-9,11,13-14,16,18H,3H2,1-2H3,(H,12,15)/t4?,6-,7-,8-,9-,11?/m1/s1. The highest BCUT2D eigenvalue weighted by molar-refractivity contribution is 5.75. The lowest BCUT2D eigenvalue weighted by Crippen LogP contribution is -2.65. The minimum absolute atomic E-state index is 0.537. The highest BCUT2D eigenvalue weighted by atomic mass is 16.6. The number of carbonyl (C=O) groups is 2. The van der Waals surface area contributed by atoms with E-state index in [4.69, 9.17) is 19.7 Å². The van der Waals surface area contributed by atoms with Gasteiger partial charge in [0.2, 0.25) is 5.91 Å². The van der Waals surface area contributed by atoms with Crippen LogP contribution < -0.4 is 5.32 Å². The van der Waals surface area contributed by atoms with Gasteiger partial charge in [0.1, 0.15) is 24.4 Å². The lowest BCUT2D eigenvalue weighted by atomic mass is 9.96. The normalized spacial score (nSPS) is 35.2. The van der Waals surface area contributed by atoms with E-state index in [9.17, 15) is 19.8 Å². The van der Waals surface area contributed by atoms with E-state index in [1.165, 1.54) is 13.8 Å². The summed E-state index contributed by atoms with van der Waals surface area (Å²) in [5.74, 6) is -1.57. The molecule has 20 heavy (non-hydrogen) atoms. The van der Waals surface area contributed by atoms with Crippen molar-refractivity contribution in [3.63, 3.8) is 0 Å². The van der Waals surface area contributed by atoms with Crippen LogP contribution in [0.5, 0.6) is 0 Å². The van der Waals surface area contributed by atoms with Crippen molar-refractivity contribution in [1.82, 2.24) is 5.32 Å². The van der Waals surface area contributed by atoms with Crippen LogP contribution in [0, 0.1) is 0 Å². The van der Waals surface area contributed by atoms with E-state index in [2.05, 4.69) is 5.32 Å². The lowest BCUT2D eigenvalue weighted by Gasteiger charge is -2.42. The molecule has 0 saturated carbocycles. The van der Waals surface area contributed by atoms with Crippen molar-refractivity contribution >= 4 is 11.9 Å². The fourth-order valence-corrected chi connectivity index (χ4v) is 1.85. The Morgan fingerprint density at radius 3 is 2.45 bits per heavy atom. The molecule has 5 N–H and O–H groups in total. The van der Waals surface area contributed by atoms with E-state index in [1.807, 2.05) is 0 Å². The number of carbonyl (C=O) groups excluding carboxylic acids is 2. The molecule has 0 spiro atoms. The molecule has 0 aliphatic carbocycles. The Bertz CT molecular complexity index is 360. The average molecular weight is 293 g/mol. The molecular weight excluding hydrogens is 274 g/mol. The van der Waals surface area contributed by atoms with E-state index in [-0.39, 0.29) is 0 Å². The Kier molecular flexibility index (Phi) is 5.84. The zero-order valence-electron chi connectivity index (χ0n) is 11.1. The highest BCUT2D eigenvalue weighted by Crippen LogP contribution is 2.23. The minimum atomic E-state index is -1.58. The third-order valence-electron chi connectivity index (χ3n) is 2.84. The molecule has 9 heteroatoms. The number of nitrogens with one attached hydrogen (secondary N) is 1. The molecule has 2 unspecified atom stereocenters. The van der Waals surface area contributed by atoms with E-state index in [0.29, 0.717) is 0 Å². The topological polar surface area (TPSA) is 146 Å². The van der Waals surface area contributed by atoms with Crippen LogP contribution in [0.3, 0.4) is 0 Å². The first-order valence-electron chi connectivity index (χ1n) is 6.06. The maximum Gasteiger partial charge on any atom is 0.335 e. The molecule has 9 nitrogen and oxygen atoms in total. The molecule has 1 fully saturated rings. The molecule has 1 heterocycles. The second-order valence-electron chi connectivity index (χ2n) is 4.54. The molecule has 1 saturated heterocycles. The predicted octanol–water partition coefficient (Wildman–Crippen LogP) is -3.15. The van der Waals surface area contributed by atoms with Gasteiger partial charge in [-0.15, -0.1) is 0 Å². The number of esters is 1. The Hall–Kier alpha value is -1.26. The van der Waals surface area contributed by atoms with Crippen molar-refractivity contribution in [3.05, 3.63) is 0 Å². The van der Waals surface area contributed by atoms with Gasteiger partial charge < -0.3 is 35.2 Å². The summed E-state index contributed by atoms with van der Waals surface area (Å²) in [5.41, 5.74) is 0. The maximum absolute atomic E-state index is 11.4. The molecule has 1 aliphatic heterocycles. The molecule has 0 aromatic carbocycles. The summed E-state index contributed by atoms with van der Waals surface area (Å²) in [6.07, 6.45) is -7.02. The first-order valence-corrected chi connectivity index (χ1v) is 6.06. The van der Waals surface area contributed by atoms with Crippen LogP contribution in [0.4, 0.5) is 0 Å². The third-order valence-corrected chi connectivity index (χ3v) is 2.84. The van der Waals surface area contributed by atoms with Gasteiger partial charge in [0, 0.05) is 6.92 Å². The second-order valence-corrected chi connectivity index (χ2v) is 4.54. The van der Waals surface area contributed by atoms with Crippen LogP contribution in [0.2, 0.25) is 0 Å².